The molecule has 0 unspecified atom stereocenters. The van der Waals surface area contributed by atoms with Gasteiger partial charge >= 0.3 is 109 Å². The molecular weight excluding hydrogens is 275 g/mol. The van der Waals surface area contributed by atoms with Crippen molar-refractivity contribution in [1.82, 2.24) is 0 Å². The van der Waals surface area contributed by atoms with Crippen LogP contribution in [0.2, 0.25) is 5.32 Å². The predicted molar refractivity (Wildman–Crippen MR) is 72.7 cm³/mol. The summed E-state index contributed by atoms with van der Waals surface area (Å²) in [5.74, 6) is 0.952. The van der Waals surface area contributed by atoms with Crippen molar-refractivity contribution in [3.8, 4) is 0 Å². The number of Topliss-reactive ketones (excluding diaryl/α,β-unsaturated/α-hetero) is 1. The Bertz CT molecular complexity index is 383. The summed E-state index contributed by atoms with van der Waals surface area (Å²) in [7, 11) is 0. The molecular formula is C15H18OSe. The number of carbonyl (C=O) groups is 1. The Morgan fingerprint density at radius 1 is 1.29 bits per heavy atom. The Labute approximate surface area is 109 Å². The SMILES string of the molecule is O=C(C[Se]c1ccccc1)C[C@@H]1C=CCCC1. The normalized spacial score (nSPS) is 19.2. The van der Waals surface area contributed by atoms with Crippen LogP contribution in [0, 0.1) is 5.92 Å². The van der Waals surface area contributed by atoms with E-state index >= 15 is 0 Å². The van der Waals surface area contributed by atoms with Gasteiger partial charge in [-0.25, -0.2) is 0 Å². The van der Waals surface area contributed by atoms with Crippen molar-refractivity contribution in [1.29, 1.82) is 0 Å². The minimum atomic E-state index is 0.316. The van der Waals surface area contributed by atoms with Gasteiger partial charge in [0.1, 0.15) is 0 Å². The molecule has 0 spiro atoms. The fourth-order valence-corrected chi connectivity index (χ4v) is 3.75. The van der Waals surface area contributed by atoms with Crippen LogP contribution in [0.25, 0.3) is 0 Å². The first kappa shape index (κ1) is 12.6. The van der Waals surface area contributed by atoms with Gasteiger partial charge < -0.3 is 0 Å². The van der Waals surface area contributed by atoms with Crippen LogP contribution in [0.15, 0.2) is 42.5 Å². The summed E-state index contributed by atoms with van der Waals surface area (Å²) in [6.45, 7) is 0. The molecule has 1 aromatic rings. The topological polar surface area (TPSA) is 17.1 Å². The molecule has 0 fully saturated rings. The molecule has 0 saturated heterocycles. The zero-order valence-corrected chi connectivity index (χ0v) is 11.7. The molecule has 0 amide bonds. The Morgan fingerprint density at radius 3 is 2.82 bits per heavy atom. The zero-order chi connectivity index (χ0) is 11.9. The number of carbonyl (C=O) groups excluding carboxylic acids is 1. The summed E-state index contributed by atoms with van der Waals surface area (Å²) in [6.07, 6.45) is 8.85. The van der Waals surface area contributed by atoms with Gasteiger partial charge in [0, 0.05) is 0 Å². The van der Waals surface area contributed by atoms with Crippen LogP contribution in [-0.2, 0) is 4.79 Å². The summed E-state index contributed by atoms with van der Waals surface area (Å²) < 4.78 is 1.33. The third-order valence-corrected chi connectivity index (χ3v) is 5.24. The molecule has 0 bridgehead atoms. The van der Waals surface area contributed by atoms with E-state index < -0.39 is 0 Å². The number of ketones is 1. The van der Waals surface area contributed by atoms with E-state index in [1.54, 1.807) is 0 Å². The second kappa shape index (κ2) is 6.78. The molecule has 1 aliphatic rings. The van der Waals surface area contributed by atoms with Gasteiger partial charge in [-0.2, -0.15) is 0 Å². The van der Waals surface area contributed by atoms with Gasteiger partial charge in [-0.1, -0.05) is 0 Å². The van der Waals surface area contributed by atoms with E-state index in [4.69, 9.17) is 0 Å². The summed E-state index contributed by atoms with van der Waals surface area (Å²) in [5, 5.41) is 0.751. The van der Waals surface area contributed by atoms with E-state index in [0.717, 1.165) is 11.7 Å². The third kappa shape index (κ3) is 4.49. The van der Waals surface area contributed by atoms with Crippen LogP contribution in [0.4, 0.5) is 0 Å². The van der Waals surface area contributed by atoms with Crippen molar-refractivity contribution < 1.29 is 4.79 Å². The molecule has 0 N–H and O–H groups in total. The van der Waals surface area contributed by atoms with Gasteiger partial charge in [-0.05, 0) is 0 Å². The fourth-order valence-electron chi connectivity index (χ4n) is 2.08. The van der Waals surface area contributed by atoms with E-state index in [1.165, 1.54) is 23.7 Å². The first-order valence-corrected chi connectivity index (χ1v) is 8.27. The first-order chi connectivity index (χ1) is 8.34. The van der Waals surface area contributed by atoms with Crippen LogP contribution in [0.1, 0.15) is 25.7 Å². The molecule has 2 heteroatoms. The molecule has 0 radical (unpaired) electrons. The summed E-state index contributed by atoms with van der Waals surface area (Å²) in [5.41, 5.74) is 0. The van der Waals surface area contributed by atoms with Crippen molar-refractivity contribution >= 4 is 25.2 Å². The summed E-state index contributed by atoms with van der Waals surface area (Å²) in [4.78, 5) is 11.9. The second-order valence-electron chi connectivity index (χ2n) is 4.46. The van der Waals surface area contributed by atoms with Crippen molar-refractivity contribution in [3.63, 3.8) is 0 Å². The molecule has 1 nitrogen and oxygen atoms in total. The monoisotopic (exact) mass is 294 g/mol. The van der Waals surface area contributed by atoms with Gasteiger partial charge in [-0.15, -0.1) is 0 Å². The molecule has 0 heterocycles. The minimum absolute atomic E-state index is 0.316. The number of hydrogen-bond donors (Lipinski definition) is 0. The summed E-state index contributed by atoms with van der Waals surface area (Å²) in [6, 6.07) is 10.4. The second-order valence-corrected chi connectivity index (χ2v) is 6.66. The maximum atomic E-state index is 11.9. The molecule has 0 aromatic heterocycles. The Kier molecular flexibility index (Phi) is 5.03. The molecule has 1 aromatic carbocycles. The number of allylic oxidation sites excluding steroid dienone is 2. The number of hydrogen-bond acceptors (Lipinski definition) is 1. The fraction of sp³-hybridized carbons (Fsp3) is 0.400. The van der Waals surface area contributed by atoms with Crippen molar-refractivity contribution in [2.75, 3.05) is 0 Å². The summed E-state index contributed by atoms with van der Waals surface area (Å²) >= 11 is 0.316. The van der Waals surface area contributed by atoms with Crippen molar-refractivity contribution in [3.05, 3.63) is 42.5 Å². The molecule has 90 valence electrons. The quantitative estimate of drug-likeness (QED) is 0.602. The average molecular weight is 293 g/mol. The van der Waals surface area contributed by atoms with E-state index in [9.17, 15) is 4.79 Å². The van der Waals surface area contributed by atoms with Crippen molar-refractivity contribution in [2.24, 2.45) is 5.92 Å². The third-order valence-electron chi connectivity index (χ3n) is 2.99. The van der Waals surface area contributed by atoms with Gasteiger partial charge in [0.25, 0.3) is 0 Å². The van der Waals surface area contributed by atoms with Crippen LogP contribution in [-0.4, -0.2) is 20.7 Å². The van der Waals surface area contributed by atoms with Gasteiger partial charge in [0.05, 0.1) is 0 Å². The standard InChI is InChI=1S/C15H18OSe/c16-14(11-13-7-3-1-4-8-13)12-17-15-9-5-2-6-10-15/h2-3,5-7,9-10,13H,1,4,8,11-12H2/t13-/m1/s1. The van der Waals surface area contributed by atoms with E-state index in [0.29, 0.717) is 26.7 Å². The van der Waals surface area contributed by atoms with Crippen molar-refractivity contribution in [2.45, 2.75) is 31.0 Å². The predicted octanol–water partition coefficient (Wildman–Crippen LogP) is 2.75. The number of rotatable bonds is 5. The molecule has 17 heavy (non-hydrogen) atoms. The van der Waals surface area contributed by atoms with E-state index in [1.807, 2.05) is 18.2 Å². The zero-order valence-electron chi connectivity index (χ0n) is 9.97. The van der Waals surface area contributed by atoms with Crippen LogP contribution >= 0.6 is 0 Å². The maximum absolute atomic E-state index is 11.9. The van der Waals surface area contributed by atoms with Gasteiger partial charge in [0.15, 0.2) is 0 Å². The van der Waals surface area contributed by atoms with Crippen LogP contribution in [0.5, 0.6) is 0 Å². The van der Waals surface area contributed by atoms with E-state index in [2.05, 4.69) is 24.3 Å². The average Bonchev–Trinajstić information content (AvgIpc) is 2.39. The molecule has 1 aliphatic carbocycles. The van der Waals surface area contributed by atoms with Crippen LogP contribution < -0.4 is 4.46 Å². The molecule has 0 aliphatic heterocycles. The molecule has 2 rings (SSSR count). The Morgan fingerprint density at radius 2 is 2.12 bits per heavy atom. The first-order valence-electron chi connectivity index (χ1n) is 6.21. The Hall–Kier alpha value is -0.851. The Balaban J connectivity index is 1.74. The molecule has 0 saturated carbocycles. The van der Waals surface area contributed by atoms with Gasteiger partial charge in [0.2, 0.25) is 0 Å². The van der Waals surface area contributed by atoms with Gasteiger partial charge in [-0.3, -0.25) is 0 Å². The molecule has 1 atom stereocenters. The number of benzene rings is 1. The van der Waals surface area contributed by atoms with Crippen LogP contribution in [0.3, 0.4) is 0 Å². The van der Waals surface area contributed by atoms with E-state index in [-0.39, 0.29) is 0 Å².